The minimum atomic E-state index is -0.258. The normalized spacial score (nSPS) is 12.0. The molecular formula is C21H26N4O3S. The molecule has 0 fully saturated rings. The summed E-state index contributed by atoms with van der Waals surface area (Å²) in [6.07, 6.45) is 1.33. The number of hydrogen-bond donors (Lipinski definition) is 1. The zero-order valence-electron chi connectivity index (χ0n) is 17.1. The lowest BCUT2D eigenvalue weighted by molar-refractivity contribution is -0.118. The van der Waals surface area contributed by atoms with E-state index in [0.717, 1.165) is 22.9 Å². The summed E-state index contributed by atoms with van der Waals surface area (Å²) in [5.74, 6) is 2.47. The number of aryl methyl sites for hydroxylation is 2. The Morgan fingerprint density at radius 1 is 1.31 bits per heavy atom. The van der Waals surface area contributed by atoms with Crippen molar-refractivity contribution >= 4 is 17.7 Å². The molecule has 0 saturated heterocycles. The molecule has 2 heterocycles. The molecule has 8 heteroatoms. The molecule has 0 saturated carbocycles. The van der Waals surface area contributed by atoms with Gasteiger partial charge in [-0.25, -0.2) is 0 Å². The fraction of sp³-hybridized carbons (Fsp3) is 0.381. The third-order valence-electron chi connectivity index (χ3n) is 4.43. The van der Waals surface area contributed by atoms with Gasteiger partial charge in [0.1, 0.15) is 11.5 Å². The van der Waals surface area contributed by atoms with Crippen LogP contribution in [-0.4, -0.2) is 26.4 Å². The van der Waals surface area contributed by atoms with Crippen LogP contribution in [0.5, 0.6) is 5.75 Å². The first kappa shape index (κ1) is 21.0. The summed E-state index contributed by atoms with van der Waals surface area (Å²) in [5.41, 5.74) is 2.28. The average molecular weight is 415 g/mol. The van der Waals surface area contributed by atoms with Gasteiger partial charge in [0.15, 0.2) is 17.1 Å². The van der Waals surface area contributed by atoms with Crippen molar-refractivity contribution in [1.29, 1.82) is 0 Å². The standard InChI is InChI=1S/C21H26N4O3S/c1-5-25-20(16(4)28-18-9-8-14(2)11-15(18)3)23-24-21(25)29-13-19(26)22-12-17-7-6-10-27-17/h6-11,16H,5,12-13H2,1-4H3,(H,22,26). The van der Waals surface area contributed by atoms with E-state index in [1.807, 2.05) is 43.5 Å². The van der Waals surface area contributed by atoms with Crippen molar-refractivity contribution in [1.82, 2.24) is 20.1 Å². The molecule has 7 nitrogen and oxygen atoms in total. The molecule has 0 aliphatic rings. The summed E-state index contributed by atoms with van der Waals surface area (Å²) >= 11 is 1.36. The van der Waals surface area contributed by atoms with Gasteiger partial charge in [0, 0.05) is 6.54 Å². The number of aromatic nitrogens is 3. The molecule has 1 N–H and O–H groups in total. The van der Waals surface area contributed by atoms with Crippen LogP contribution in [0.25, 0.3) is 0 Å². The van der Waals surface area contributed by atoms with Crippen molar-refractivity contribution in [2.24, 2.45) is 0 Å². The summed E-state index contributed by atoms with van der Waals surface area (Å²) in [5, 5.41) is 12.1. The van der Waals surface area contributed by atoms with Gasteiger partial charge in [-0.1, -0.05) is 29.5 Å². The smallest absolute Gasteiger partial charge is 0.230 e. The Hall–Kier alpha value is -2.74. The van der Waals surface area contributed by atoms with E-state index >= 15 is 0 Å². The zero-order valence-corrected chi connectivity index (χ0v) is 18.0. The molecule has 1 amide bonds. The van der Waals surface area contributed by atoms with Crippen molar-refractivity contribution in [3.05, 3.63) is 59.3 Å². The van der Waals surface area contributed by atoms with Crippen molar-refractivity contribution < 1.29 is 13.9 Å². The highest BCUT2D eigenvalue weighted by Gasteiger charge is 2.20. The van der Waals surface area contributed by atoms with E-state index in [0.29, 0.717) is 18.2 Å². The van der Waals surface area contributed by atoms with Gasteiger partial charge < -0.3 is 19.0 Å². The van der Waals surface area contributed by atoms with E-state index in [-0.39, 0.29) is 17.8 Å². The van der Waals surface area contributed by atoms with Crippen LogP contribution in [0.2, 0.25) is 0 Å². The van der Waals surface area contributed by atoms with Crippen LogP contribution in [0.15, 0.2) is 46.2 Å². The number of nitrogens with one attached hydrogen (secondary N) is 1. The molecule has 1 aromatic carbocycles. The topological polar surface area (TPSA) is 82.2 Å². The van der Waals surface area contributed by atoms with Crippen LogP contribution in [0, 0.1) is 13.8 Å². The Labute approximate surface area is 174 Å². The summed E-state index contributed by atoms with van der Waals surface area (Å²) in [7, 11) is 0. The first-order chi connectivity index (χ1) is 14.0. The van der Waals surface area contributed by atoms with E-state index in [2.05, 4.69) is 28.5 Å². The maximum Gasteiger partial charge on any atom is 0.230 e. The number of rotatable bonds is 9. The molecule has 0 spiro atoms. The Balaban J connectivity index is 1.60. The second-order valence-electron chi connectivity index (χ2n) is 6.76. The minimum absolute atomic E-state index is 0.0850. The van der Waals surface area contributed by atoms with E-state index in [9.17, 15) is 4.79 Å². The third-order valence-corrected chi connectivity index (χ3v) is 5.40. The highest BCUT2D eigenvalue weighted by atomic mass is 32.2. The van der Waals surface area contributed by atoms with E-state index in [4.69, 9.17) is 9.15 Å². The van der Waals surface area contributed by atoms with Crippen LogP contribution in [0.4, 0.5) is 0 Å². The number of hydrogen-bond acceptors (Lipinski definition) is 6. The number of furan rings is 1. The second kappa shape index (κ2) is 9.65. The van der Waals surface area contributed by atoms with Crippen molar-refractivity contribution in [2.75, 3.05) is 5.75 Å². The van der Waals surface area contributed by atoms with Gasteiger partial charge in [0.25, 0.3) is 0 Å². The highest BCUT2D eigenvalue weighted by molar-refractivity contribution is 7.99. The van der Waals surface area contributed by atoms with Gasteiger partial charge in [0.2, 0.25) is 5.91 Å². The Morgan fingerprint density at radius 2 is 2.14 bits per heavy atom. The first-order valence-electron chi connectivity index (χ1n) is 9.56. The van der Waals surface area contributed by atoms with Crippen molar-refractivity contribution in [2.45, 2.75) is 52.0 Å². The molecule has 0 aliphatic carbocycles. The Morgan fingerprint density at radius 3 is 2.83 bits per heavy atom. The van der Waals surface area contributed by atoms with E-state index < -0.39 is 0 Å². The molecule has 2 aromatic heterocycles. The van der Waals surface area contributed by atoms with Gasteiger partial charge >= 0.3 is 0 Å². The molecule has 0 radical (unpaired) electrons. The van der Waals surface area contributed by atoms with Crippen LogP contribution < -0.4 is 10.1 Å². The molecule has 154 valence electrons. The maximum absolute atomic E-state index is 12.1. The molecule has 0 bridgehead atoms. The Kier molecular flexibility index (Phi) is 6.98. The number of thioether (sulfide) groups is 1. The minimum Gasteiger partial charge on any atom is -0.482 e. The fourth-order valence-electron chi connectivity index (χ4n) is 2.96. The van der Waals surface area contributed by atoms with Gasteiger partial charge in [-0.05, 0) is 51.5 Å². The predicted octanol–water partition coefficient (Wildman–Crippen LogP) is 4.06. The first-order valence-corrected chi connectivity index (χ1v) is 10.5. The summed E-state index contributed by atoms with van der Waals surface area (Å²) in [6, 6.07) is 9.72. The van der Waals surface area contributed by atoms with Gasteiger partial charge in [-0.2, -0.15) is 0 Å². The lowest BCUT2D eigenvalue weighted by Crippen LogP contribution is -2.24. The van der Waals surface area contributed by atoms with Gasteiger partial charge in [-0.3, -0.25) is 4.79 Å². The highest BCUT2D eigenvalue weighted by Crippen LogP contribution is 2.27. The Bertz CT molecular complexity index is 953. The van der Waals surface area contributed by atoms with Crippen LogP contribution in [-0.2, 0) is 17.9 Å². The number of amides is 1. The molecular weight excluding hydrogens is 388 g/mol. The molecule has 1 atom stereocenters. The molecule has 1 unspecified atom stereocenters. The number of ether oxygens (including phenoxy) is 1. The van der Waals surface area contributed by atoms with Crippen molar-refractivity contribution in [3.63, 3.8) is 0 Å². The predicted molar refractivity (Wildman–Crippen MR) is 112 cm³/mol. The van der Waals surface area contributed by atoms with Crippen LogP contribution >= 0.6 is 11.8 Å². The lowest BCUT2D eigenvalue weighted by Gasteiger charge is -2.17. The summed E-state index contributed by atoms with van der Waals surface area (Å²) in [4.78, 5) is 12.1. The largest absolute Gasteiger partial charge is 0.482 e. The van der Waals surface area contributed by atoms with Crippen LogP contribution in [0.1, 0.15) is 42.7 Å². The molecule has 3 rings (SSSR count). The van der Waals surface area contributed by atoms with Crippen molar-refractivity contribution in [3.8, 4) is 5.75 Å². The maximum atomic E-state index is 12.1. The SMILES string of the molecule is CCn1c(SCC(=O)NCc2ccco2)nnc1C(C)Oc1ccc(C)cc1C. The molecule has 0 aliphatic heterocycles. The summed E-state index contributed by atoms with van der Waals surface area (Å²) in [6.45, 7) is 9.14. The van der Waals surface area contributed by atoms with Gasteiger partial charge in [0.05, 0.1) is 18.6 Å². The second-order valence-corrected chi connectivity index (χ2v) is 7.70. The third kappa shape index (κ3) is 5.41. The zero-order chi connectivity index (χ0) is 20.8. The van der Waals surface area contributed by atoms with Crippen LogP contribution in [0.3, 0.4) is 0 Å². The number of carbonyl (C=O) groups excluding carboxylic acids is 1. The van der Waals surface area contributed by atoms with Gasteiger partial charge in [-0.15, -0.1) is 10.2 Å². The molecule has 3 aromatic rings. The van der Waals surface area contributed by atoms with E-state index in [1.54, 1.807) is 12.3 Å². The number of nitrogens with zero attached hydrogens (tertiary/aromatic N) is 3. The fourth-order valence-corrected chi connectivity index (χ4v) is 3.80. The lowest BCUT2D eigenvalue weighted by atomic mass is 10.1. The number of benzene rings is 1. The molecule has 29 heavy (non-hydrogen) atoms. The quantitative estimate of drug-likeness (QED) is 0.532. The monoisotopic (exact) mass is 414 g/mol. The summed E-state index contributed by atoms with van der Waals surface area (Å²) < 4.78 is 13.3. The number of carbonyl (C=O) groups is 1. The van der Waals surface area contributed by atoms with E-state index in [1.165, 1.54) is 17.3 Å². The average Bonchev–Trinajstić information content (AvgIpc) is 3.36.